The van der Waals surface area contributed by atoms with E-state index < -0.39 is 11.1 Å². The van der Waals surface area contributed by atoms with Crippen LogP contribution < -0.4 is 0 Å². The van der Waals surface area contributed by atoms with Crippen LogP contribution in [-0.2, 0) is 22.6 Å². The number of hydrogen-bond donors (Lipinski definition) is 0. The largest absolute Gasteiger partial charge is 0.460 e. The van der Waals surface area contributed by atoms with Gasteiger partial charge in [-0.3, -0.25) is 14.9 Å². The van der Waals surface area contributed by atoms with Crippen molar-refractivity contribution in [1.29, 1.82) is 0 Å². The van der Waals surface area contributed by atoms with Crippen molar-refractivity contribution in [3.8, 4) is 0 Å². The quantitative estimate of drug-likeness (QED) is 0.0900. The van der Waals surface area contributed by atoms with Gasteiger partial charge in [-0.05, 0) is 44.7 Å². The maximum atomic E-state index is 12.7. The summed E-state index contributed by atoms with van der Waals surface area (Å²) >= 11 is 0. The highest BCUT2D eigenvalue weighted by molar-refractivity contribution is 5.69. The Morgan fingerprint density at radius 1 is 0.780 bits per heavy atom. The first kappa shape index (κ1) is 32.2. The van der Waals surface area contributed by atoms with Gasteiger partial charge >= 0.3 is 5.97 Å². The van der Waals surface area contributed by atoms with Gasteiger partial charge in [0.2, 0.25) is 0 Å². The van der Waals surface area contributed by atoms with E-state index in [1.807, 2.05) is 69.6 Å². The number of ether oxygens (including phenoxy) is 1. The van der Waals surface area contributed by atoms with Crippen molar-refractivity contribution in [2.45, 2.75) is 109 Å². The molecule has 7 heteroatoms. The molecule has 0 bridgehead atoms. The third kappa shape index (κ3) is 12.0. The molecule has 3 rings (SSSR count). The van der Waals surface area contributed by atoms with E-state index in [2.05, 4.69) is 34.1 Å². The summed E-state index contributed by atoms with van der Waals surface area (Å²) in [6.07, 6.45) is 13.3. The third-order valence-electron chi connectivity index (χ3n) is 7.52. The Labute approximate surface area is 246 Å². The molecule has 0 aliphatic carbocycles. The Bertz CT molecular complexity index is 1030. The number of esters is 1. The number of unbranched alkanes of at least 4 members (excludes halogenated alkanes) is 7. The van der Waals surface area contributed by atoms with Crippen LogP contribution in [0, 0.1) is 10.1 Å². The van der Waals surface area contributed by atoms with Crippen molar-refractivity contribution in [2.75, 3.05) is 13.1 Å². The van der Waals surface area contributed by atoms with Gasteiger partial charge in [0, 0.05) is 43.3 Å². The highest BCUT2D eigenvalue weighted by Crippen LogP contribution is 2.28. The molecule has 0 spiro atoms. The maximum absolute atomic E-state index is 12.7. The van der Waals surface area contributed by atoms with Crippen molar-refractivity contribution in [1.82, 2.24) is 9.80 Å². The van der Waals surface area contributed by atoms with E-state index in [9.17, 15) is 14.9 Å². The second kappa shape index (κ2) is 16.2. The van der Waals surface area contributed by atoms with Crippen molar-refractivity contribution in [3.63, 3.8) is 0 Å². The zero-order chi connectivity index (χ0) is 29.6. The molecule has 0 N–H and O–H groups in total. The van der Waals surface area contributed by atoms with Crippen LogP contribution in [0.5, 0.6) is 0 Å². The molecule has 1 aliphatic heterocycles. The van der Waals surface area contributed by atoms with Crippen LogP contribution in [0.3, 0.4) is 0 Å². The molecule has 0 radical (unpaired) electrons. The minimum Gasteiger partial charge on any atom is -0.460 e. The van der Waals surface area contributed by atoms with Gasteiger partial charge in [0.25, 0.3) is 5.54 Å². The molecule has 2 aromatic carbocycles. The Morgan fingerprint density at radius 3 is 1.66 bits per heavy atom. The summed E-state index contributed by atoms with van der Waals surface area (Å²) in [6, 6.07) is 20.3. The molecule has 224 valence electrons. The first-order chi connectivity index (χ1) is 19.7. The van der Waals surface area contributed by atoms with Crippen LogP contribution in [0.2, 0.25) is 0 Å². The fourth-order valence-electron chi connectivity index (χ4n) is 5.49. The molecule has 0 atom stereocenters. The standard InChI is InChI=1S/C34H49N3O4/c1-33(2,3)41-32(38)22-16-8-6-4-5-7-9-17-23-34(37(39)40)28-35(26-30-18-12-10-13-19-30)24-25-36(29-34)27-31-20-14-11-15-21-31/h10-15,18-21,24-25H,4-9,16-17,22-23,26-29H2,1-3H3. The highest BCUT2D eigenvalue weighted by atomic mass is 16.6. The summed E-state index contributed by atoms with van der Waals surface area (Å²) in [5, 5.41) is 12.7. The van der Waals surface area contributed by atoms with Crippen LogP contribution in [0.4, 0.5) is 0 Å². The van der Waals surface area contributed by atoms with Crippen LogP contribution in [-0.4, -0.2) is 44.9 Å². The summed E-state index contributed by atoms with van der Waals surface area (Å²) in [5.41, 5.74) is 0.849. The molecule has 0 aromatic heterocycles. The second-order valence-corrected chi connectivity index (χ2v) is 12.5. The predicted octanol–water partition coefficient (Wildman–Crippen LogP) is 7.73. The van der Waals surface area contributed by atoms with Crippen LogP contribution in [0.25, 0.3) is 0 Å². The molecular formula is C34H49N3O4. The van der Waals surface area contributed by atoms with E-state index in [1.54, 1.807) is 0 Å². The van der Waals surface area contributed by atoms with E-state index in [0.29, 0.717) is 39.0 Å². The zero-order valence-electron chi connectivity index (χ0n) is 25.3. The van der Waals surface area contributed by atoms with Crippen LogP contribution >= 0.6 is 0 Å². The van der Waals surface area contributed by atoms with Gasteiger partial charge < -0.3 is 14.5 Å². The third-order valence-corrected chi connectivity index (χ3v) is 7.52. The van der Waals surface area contributed by atoms with Crippen LogP contribution in [0.15, 0.2) is 73.1 Å². The summed E-state index contributed by atoms with van der Waals surface area (Å²) in [6.45, 7) is 7.79. The summed E-state index contributed by atoms with van der Waals surface area (Å²) in [4.78, 5) is 28.8. The van der Waals surface area contributed by atoms with Crippen molar-refractivity contribution >= 4 is 5.97 Å². The van der Waals surface area contributed by atoms with Gasteiger partial charge in [-0.25, -0.2) is 0 Å². The smallest absolute Gasteiger partial charge is 0.306 e. The lowest BCUT2D eigenvalue weighted by Gasteiger charge is -2.32. The van der Waals surface area contributed by atoms with Gasteiger partial charge in [0.15, 0.2) is 0 Å². The number of nitro groups is 1. The average molecular weight is 564 g/mol. The lowest BCUT2D eigenvalue weighted by molar-refractivity contribution is -0.571. The normalized spacial score (nSPS) is 15.0. The molecule has 7 nitrogen and oxygen atoms in total. The Hall–Kier alpha value is -3.35. The topological polar surface area (TPSA) is 75.9 Å². The average Bonchev–Trinajstić information content (AvgIpc) is 3.09. The molecule has 0 fully saturated rings. The Kier molecular flexibility index (Phi) is 12.7. The van der Waals surface area contributed by atoms with Gasteiger partial charge in [-0.15, -0.1) is 0 Å². The molecule has 0 saturated heterocycles. The Morgan fingerprint density at radius 2 is 1.22 bits per heavy atom. The van der Waals surface area contributed by atoms with Gasteiger partial charge in [0.05, 0.1) is 13.1 Å². The molecule has 2 aromatic rings. The minimum atomic E-state index is -1.03. The number of hydrogen-bond acceptors (Lipinski definition) is 6. The first-order valence-electron chi connectivity index (χ1n) is 15.3. The summed E-state index contributed by atoms with van der Waals surface area (Å²) in [5.74, 6) is -0.115. The van der Waals surface area contributed by atoms with E-state index in [1.165, 1.54) is 0 Å². The fraction of sp³-hybridized carbons (Fsp3) is 0.559. The molecule has 0 saturated carbocycles. The monoisotopic (exact) mass is 563 g/mol. The molecule has 1 aliphatic rings. The molecule has 0 amide bonds. The number of carbonyl (C=O) groups excluding carboxylic acids is 1. The van der Waals surface area contributed by atoms with Gasteiger partial charge in [-0.2, -0.15) is 0 Å². The molecule has 41 heavy (non-hydrogen) atoms. The van der Waals surface area contributed by atoms with E-state index in [-0.39, 0.29) is 10.9 Å². The second-order valence-electron chi connectivity index (χ2n) is 12.5. The number of benzene rings is 2. The van der Waals surface area contributed by atoms with E-state index in [0.717, 1.165) is 62.5 Å². The number of carbonyl (C=O) groups is 1. The maximum Gasteiger partial charge on any atom is 0.306 e. The van der Waals surface area contributed by atoms with Gasteiger partial charge in [-0.1, -0.05) is 99.2 Å². The van der Waals surface area contributed by atoms with Crippen molar-refractivity contribution in [3.05, 3.63) is 94.3 Å². The van der Waals surface area contributed by atoms with Crippen molar-refractivity contribution < 1.29 is 14.5 Å². The predicted molar refractivity (Wildman–Crippen MR) is 165 cm³/mol. The summed E-state index contributed by atoms with van der Waals surface area (Å²) in [7, 11) is 0. The lowest BCUT2D eigenvalue weighted by Crippen LogP contribution is -2.52. The number of rotatable bonds is 16. The fourth-order valence-corrected chi connectivity index (χ4v) is 5.49. The van der Waals surface area contributed by atoms with E-state index in [4.69, 9.17) is 4.74 Å². The highest BCUT2D eigenvalue weighted by Gasteiger charge is 2.46. The van der Waals surface area contributed by atoms with Crippen LogP contribution in [0.1, 0.15) is 96.1 Å². The molecule has 0 unspecified atom stereocenters. The minimum absolute atomic E-state index is 0.0132. The molecular weight excluding hydrogens is 514 g/mol. The lowest BCUT2D eigenvalue weighted by atomic mass is 9.90. The summed E-state index contributed by atoms with van der Waals surface area (Å²) < 4.78 is 5.37. The van der Waals surface area contributed by atoms with E-state index >= 15 is 0 Å². The van der Waals surface area contributed by atoms with Crippen molar-refractivity contribution in [2.24, 2.45) is 0 Å². The molecule has 1 heterocycles. The first-order valence-corrected chi connectivity index (χ1v) is 15.3. The zero-order valence-corrected chi connectivity index (χ0v) is 25.3. The Balaban J connectivity index is 1.49. The van der Waals surface area contributed by atoms with Gasteiger partial charge in [0.1, 0.15) is 5.60 Å². The number of nitrogens with zero attached hydrogens (tertiary/aromatic N) is 3. The SMILES string of the molecule is CC(C)(C)OC(=O)CCCCCCCCCCC1([N+](=O)[O-])CN(Cc2ccccc2)C=CN(Cc2ccccc2)C1.